The Kier molecular flexibility index (Phi) is 5.48. The number of hydrogen-bond acceptors (Lipinski definition) is 4. The summed E-state index contributed by atoms with van der Waals surface area (Å²) < 4.78 is 43.2. The largest absolute Gasteiger partial charge is 0.433 e. The highest BCUT2D eigenvalue weighted by molar-refractivity contribution is 5.95. The van der Waals surface area contributed by atoms with E-state index in [9.17, 15) is 18.0 Å². The molecule has 146 valence electrons. The molecule has 1 aromatic carbocycles. The number of nitrogens with zero attached hydrogens (tertiary/aromatic N) is 2. The van der Waals surface area contributed by atoms with Crippen LogP contribution in [-0.4, -0.2) is 16.0 Å². The summed E-state index contributed by atoms with van der Waals surface area (Å²) in [5.74, 6) is -0.107. The van der Waals surface area contributed by atoms with E-state index >= 15 is 0 Å². The van der Waals surface area contributed by atoms with Crippen LogP contribution in [0, 0.1) is 6.92 Å². The summed E-state index contributed by atoms with van der Waals surface area (Å²) in [6.07, 6.45) is -3.61. The van der Waals surface area contributed by atoms with E-state index in [2.05, 4.69) is 22.4 Å². The van der Waals surface area contributed by atoms with Gasteiger partial charge >= 0.3 is 6.18 Å². The van der Waals surface area contributed by atoms with Crippen molar-refractivity contribution in [3.63, 3.8) is 0 Å². The smallest absolute Gasteiger partial charge is 0.359 e. The van der Waals surface area contributed by atoms with E-state index < -0.39 is 17.8 Å². The maximum absolute atomic E-state index is 12.7. The second kappa shape index (κ2) is 7.84. The van der Waals surface area contributed by atoms with Crippen LogP contribution in [0.4, 0.5) is 13.2 Å². The molecule has 0 spiro atoms. The second-order valence-electron chi connectivity index (χ2n) is 6.24. The zero-order chi connectivity index (χ0) is 20.3. The van der Waals surface area contributed by atoms with Gasteiger partial charge in [-0.15, -0.1) is 0 Å². The van der Waals surface area contributed by atoms with Crippen molar-refractivity contribution in [3.8, 4) is 11.3 Å². The molecule has 8 heteroatoms. The topological polar surface area (TPSA) is 68.0 Å². The number of rotatable bonds is 5. The highest BCUT2D eigenvalue weighted by atomic mass is 19.4. The minimum atomic E-state index is -4.55. The lowest BCUT2D eigenvalue weighted by Gasteiger charge is -2.09. The Balaban J connectivity index is 1.66. The molecule has 0 bridgehead atoms. The molecule has 3 rings (SSSR count). The van der Waals surface area contributed by atoms with Gasteiger partial charge in [0.25, 0.3) is 5.91 Å². The third-order valence-electron chi connectivity index (χ3n) is 4.26. The average Bonchev–Trinajstić information content (AvgIpc) is 3.14. The molecule has 2 heterocycles. The van der Waals surface area contributed by atoms with Gasteiger partial charge in [0.2, 0.25) is 0 Å². The molecular weight excluding hydrogens is 371 g/mol. The molecule has 3 aromatic rings. The highest BCUT2D eigenvalue weighted by Crippen LogP contribution is 2.28. The van der Waals surface area contributed by atoms with E-state index in [0.29, 0.717) is 11.5 Å². The van der Waals surface area contributed by atoms with Crippen LogP contribution in [0.3, 0.4) is 0 Å². The van der Waals surface area contributed by atoms with E-state index in [4.69, 9.17) is 4.52 Å². The second-order valence-corrected chi connectivity index (χ2v) is 6.24. The third kappa shape index (κ3) is 4.39. The number of halogens is 3. The number of amides is 1. The van der Waals surface area contributed by atoms with Crippen LogP contribution in [0.25, 0.3) is 11.3 Å². The Morgan fingerprint density at radius 1 is 1.14 bits per heavy atom. The normalized spacial score (nSPS) is 11.5. The fraction of sp³-hybridized carbons (Fsp3) is 0.250. The molecule has 0 saturated heterocycles. The van der Waals surface area contributed by atoms with E-state index in [1.807, 2.05) is 24.3 Å². The fourth-order valence-electron chi connectivity index (χ4n) is 2.67. The van der Waals surface area contributed by atoms with Crippen molar-refractivity contribution in [2.75, 3.05) is 0 Å². The van der Waals surface area contributed by atoms with E-state index in [1.54, 1.807) is 6.07 Å². The van der Waals surface area contributed by atoms with Crippen LogP contribution < -0.4 is 5.32 Å². The molecule has 0 aliphatic heterocycles. The van der Waals surface area contributed by atoms with Crippen LogP contribution in [0.5, 0.6) is 0 Å². The van der Waals surface area contributed by atoms with E-state index in [1.165, 1.54) is 12.5 Å². The van der Waals surface area contributed by atoms with Gasteiger partial charge in [-0.1, -0.05) is 36.3 Å². The monoisotopic (exact) mass is 389 g/mol. The summed E-state index contributed by atoms with van der Waals surface area (Å²) in [5, 5.41) is 6.59. The van der Waals surface area contributed by atoms with Crippen molar-refractivity contribution in [2.45, 2.75) is 33.0 Å². The summed E-state index contributed by atoms with van der Waals surface area (Å²) in [5.41, 5.74) is 1.78. The Hall–Kier alpha value is -3.16. The average molecular weight is 389 g/mol. The Morgan fingerprint density at radius 2 is 1.86 bits per heavy atom. The minimum absolute atomic E-state index is 0.00148. The summed E-state index contributed by atoms with van der Waals surface area (Å²) in [4.78, 5) is 15.7. The molecule has 0 aliphatic carbocycles. The molecule has 0 saturated carbocycles. The SMILES string of the molecule is CCc1ccc(-c2cc(CNC(=O)c3ccc(C(F)(F)F)nc3C)on2)cc1. The van der Waals surface area contributed by atoms with Crippen LogP contribution in [0.2, 0.25) is 0 Å². The summed E-state index contributed by atoms with van der Waals surface area (Å²) in [6.45, 7) is 3.48. The first-order valence-electron chi connectivity index (χ1n) is 8.66. The molecule has 28 heavy (non-hydrogen) atoms. The fourth-order valence-corrected chi connectivity index (χ4v) is 2.67. The number of carbonyl (C=O) groups is 1. The van der Waals surface area contributed by atoms with Gasteiger partial charge in [0.1, 0.15) is 11.4 Å². The molecule has 1 amide bonds. The first-order chi connectivity index (χ1) is 13.3. The minimum Gasteiger partial charge on any atom is -0.359 e. The summed E-state index contributed by atoms with van der Waals surface area (Å²) >= 11 is 0. The number of aromatic nitrogens is 2. The Labute approximate surface area is 159 Å². The van der Waals surface area contributed by atoms with Crippen molar-refractivity contribution in [3.05, 3.63) is 70.7 Å². The molecule has 0 unspecified atom stereocenters. The number of carbonyl (C=O) groups excluding carboxylic acids is 1. The summed E-state index contributed by atoms with van der Waals surface area (Å²) in [7, 11) is 0. The van der Waals surface area contributed by atoms with E-state index in [0.717, 1.165) is 24.1 Å². The number of aryl methyl sites for hydroxylation is 2. The zero-order valence-electron chi connectivity index (χ0n) is 15.3. The van der Waals surface area contributed by atoms with Gasteiger partial charge in [0.05, 0.1) is 17.8 Å². The van der Waals surface area contributed by atoms with Crippen LogP contribution >= 0.6 is 0 Å². The molecule has 5 nitrogen and oxygen atoms in total. The maximum Gasteiger partial charge on any atom is 0.433 e. The van der Waals surface area contributed by atoms with Crippen LogP contribution in [-0.2, 0) is 19.1 Å². The zero-order valence-corrected chi connectivity index (χ0v) is 15.3. The first kappa shape index (κ1) is 19.6. The van der Waals surface area contributed by atoms with Gasteiger partial charge in [-0.25, -0.2) is 4.98 Å². The lowest BCUT2D eigenvalue weighted by molar-refractivity contribution is -0.141. The standard InChI is InChI=1S/C20H18F3N3O2/c1-3-13-4-6-14(7-5-13)17-10-15(28-26-17)11-24-19(27)16-8-9-18(20(21,22)23)25-12(16)2/h4-10H,3,11H2,1-2H3,(H,24,27). The highest BCUT2D eigenvalue weighted by Gasteiger charge is 2.33. The summed E-state index contributed by atoms with van der Waals surface area (Å²) in [6, 6.07) is 11.5. The molecule has 0 radical (unpaired) electrons. The molecule has 0 fully saturated rings. The third-order valence-corrected chi connectivity index (χ3v) is 4.26. The number of nitrogens with one attached hydrogen (secondary N) is 1. The predicted octanol–water partition coefficient (Wildman–Crippen LogP) is 4.56. The van der Waals surface area contributed by atoms with Gasteiger partial charge in [0.15, 0.2) is 5.76 Å². The number of hydrogen-bond donors (Lipinski definition) is 1. The van der Waals surface area contributed by atoms with Gasteiger partial charge in [0, 0.05) is 11.6 Å². The van der Waals surface area contributed by atoms with Crippen molar-refractivity contribution < 1.29 is 22.5 Å². The van der Waals surface area contributed by atoms with Crippen molar-refractivity contribution in [1.29, 1.82) is 0 Å². The van der Waals surface area contributed by atoms with Crippen LogP contribution in [0.1, 0.15) is 40.0 Å². The Bertz CT molecular complexity index is 979. The van der Waals surface area contributed by atoms with Crippen molar-refractivity contribution in [1.82, 2.24) is 15.5 Å². The Morgan fingerprint density at radius 3 is 2.46 bits per heavy atom. The maximum atomic E-state index is 12.7. The quantitative estimate of drug-likeness (QED) is 0.695. The molecule has 2 aromatic heterocycles. The van der Waals surface area contributed by atoms with Gasteiger partial charge in [-0.2, -0.15) is 13.2 Å². The molecule has 0 atom stereocenters. The van der Waals surface area contributed by atoms with Gasteiger partial charge < -0.3 is 9.84 Å². The van der Waals surface area contributed by atoms with Gasteiger partial charge in [-0.3, -0.25) is 4.79 Å². The molecule has 0 aliphatic rings. The predicted molar refractivity (Wildman–Crippen MR) is 96.5 cm³/mol. The van der Waals surface area contributed by atoms with Gasteiger partial charge in [-0.05, 0) is 31.0 Å². The molecule has 1 N–H and O–H groups in total. The van der Waals surface area contributed by atoms with E-state index in [-0.39, 0.29) is 17.8 Å². The lowest BCUT2D eigenvalue weighted by Crippen LogP contribution is -2.24. The molecular formula is C20H18F3N3O2. The van der Waals surface area contributed by atoms with Crippen molar-refractivity contribution >= 4 is 5.91 Å². The number of pyridine rings is 1. The number of alkyl halides is 3. The number of benzene rings is 1. The first-order valence-corrected chi connectivity index (χ1v) is 8.66. The van der Waals surface area contributed by atoms with Crippen LogP contribution in [0.15, 0.2) is 47.0 Å². The lowest BCUT2D eigenvalue weighted by atomic mass is 10.1. The van der Waals surface area contributed by atoms with Crippen molar-refractivity contribution in [2.24, 2.45) is 0 Å².